The molecule has 0 bridgehead atoms. The highest BCUT2D eigenvalue weighted by atomic mass is 35.5. The lowest BCUT2D eigenvalue weighted by atomic mass is 9.83. The first kappa shape index (κ1) is 23.6. The van der Waals surface area contributed by atoms with E-state index in [1.54, 1.807) is 6.07 Å². The van der Waals surface area contributed by atoms with E-state index in [2.05, 4.69) is 25.8 Å². The van der Waals surface area contributed by atoms with Gasteiger partial charge in [-0.3, -0.25) is 14.4 Å². The molecular formula is C21H26ClN5O5. The van der Waals surface area contributed by atoms with Gasteiger partial charge >= 0.3 is 5.76 Å². The van der Waals surface area contributed by atoms with E-state index in [0.29, 0.717) is 24.8 Å². The summed E-state index contributed by atoms with van der Waals surface area (Å²) in [6.45, 7) is 3.83. The maximum absolute atomic E-state index is 13.1. The standard InChI is InChI=1S/C21H26ClN5O5/c1-11(2)9-15(17(28)20-26-27-21(31)32-20)25-19(30)13-5-3-4-6-14(13)24-18(29)12-7-8-16(22)23-10-12/h7-8,10-11,13-15H,3-6,9H2,1-2H3,(H,24,29)(H,25,30)(H,27,31)/t13-,14+,15+/m1/s1. The van der Waals surface area contributed by atoms with Crippen molar-refractivity contribution in [1.82, 2.24) is 25.8 Å². The summed E-state index contributed by atoms with van der Waals surface area (Å²) in [4.78, 5) is 53.7. The highest BCUT2D eigenvalue weighted by molar-refractivity contribution is 6.29. The number of hydrogen-bond acceptors (Lipinski definition) is 7. The molecule has 11 heteroatoms. The topological polar surface area (TPSA) is 147 Å². The number of halogens is 1. The Labute approximate surface area is 189 Å². The Morgan fingerprint density at radius 2 is 2.00 bits per heavy atom. The third-order valence-corrected chi connectivity index (χ3v) is 5.62. The number of rotatable bonds is 8. The monoisotopic (exact) mass is 463 g/mol. The summed E-state index contributed by atoms with van der Waals surface area (Å²) in [6.07, 6.45) is 4.66. The number of amides is 2. The molecule has 1 fully saturated rings. The predicted molar refractivity (Wildman–Crippen MR) is 115 cm³/mol. The van der Waals surface area contributed by atoms with Crippen LogP contribution in [0.15, 0.2) is 27.5 Å². The average Bonchev–Trinajstić information content (AvgIpc) is 3.19. The van der Waals surface area contributed by atoms with Gasteiger partial charge in [0.05, 0.1) is 17.5 Å². The van der Waals surface area contributed by atoms with Crippen LogP contribution in [0.2, 0.25) is 5.15 Å². The van der Waals surface area contributed by atoms with Crippen LogP contribution in [0.4, 0.5) is 0 Å². The molecule has 32 heavy (non-hydrogen) atoms. The number of carbonyl (C=O) groups excluding carboxylic acids is 3. The summed E-state index contributed by atoms with van der Waals surface area (Å²) in [5.74, 6) is -2.86. The Morgan fingerprint density at radius 3 is 2.62 bits per heavy atom. The number of carbonyl (C=O) groups is 3. The van der Waals surface area contributed by atoms with Crippen LogP contribution in [0.3, 0.4) is 0 Å². The second-order valence-electron chi connectivity index (χ2n) is 8.31. The average molecular weight is 464 g/mol. The van der Waals surface area contributed by atoms with Crippen molar-refractivity contribution in [3.63, 3.8) is 0 Å². The van der Waals surface area contributed by atoms with Gasteiger partial charge in [0.25, 0.3) is 11.8 Å². The molecule has 2 heterocycles. The van der Waals surface area contributed by atoms with E-state index >= 15 is 0 Å². The van der Waals surface area contributed by atoms with Gasteiger partial charge in [0.1, 0.15) is 5.15 Å². The lowest BCUT2D eigenvalue weighted by Gasteiger charge is -2.32. The van der Waals surface area contributed by atoms with Crippen LogP contribution < -0.4 is 16.4 Å². The van der Waals surface area contributed by atoms with Gasteiger partial charge in [-0.15, -0.1) is 5.10 Å². The van der Waals surface area contributed by atoms with Gasteiger partial charge in [-0.05, 0) is 37.3 Å². The number of Topliss-reactive ketones (excluding diaryl/α,β-unsaturated/α-hetero) is 1. The Balaban J connectivity index is 1.71. The van der Waals surface area contributed by atoms with E-state index in [4.69, 9.17) is 16.0 Å². The minimum Gasteiger partial charge on any atom is -0.384 e. The number of aromatic nitrogens is 3. The van der Waals surface area contributed by atoms with E-state index < -0.39 is 23.5 Å². The van der Waals surface area contributed by atoms with Gasteiger partial charge in [-0.25, -0.2) is 14.9 Å². The molecule has 10 nitrogen and oxygen atoms in total. The summed E-state index contributed by atoms with van der Waals surface area (Å²) < 4.78 is 4.77. The second-order valence-corrected chi connectivity index (χ2v) is 8.70. The normalized spacial score (nSPS) is 19.4. The fourth-order valence-corrected chi connectivity index (χ4v) is 3.96. The molecule has 0 radical (unpaired) electrons. The van der Waals surface area contributed by atoms with E-state index in [0.717, 1.165) is 12.8 Å². The minimum atomic E-state index is -0.896. The van der Waals surface area contributed by atoms with Gasteiger partial charge in [0.15, 0.2) is 0 Å². The summed E-state index contributed by atoms with van der Waals surface area (Å²) in [5.41, 5.74) is 0.348. The van der Waals surface area contributed by atoms with E-state index in [9.17, 15) is 19.2 Å². The van der Waals surface area contributed by atoms with Crippen LogP contribution in [-0.4, -0.2) is 44.9 Å². The van der Waals surface area contributed by atoms with Gasteiger partial charge in [0, 0.05) is 12.2 Å². The third kappa shape index (κ3) is 6.03. The molecule has 0 aliphatic heterocycles. The maximum Gasteiger partial charge on any atom is 0.434 e. The van der Waals surface area contributed by atoms with Crippen LogP contribution in [0.5, 0.6) is 0 Å². The van der Waals surface area contributed by atoms with Crippen molar-refractivity contribution >= 4 is 29.2 Å². The Kier molecular flexibility index (Phi) is 7.79. The fourth-order valence-electron chi connectivity index (χ4n) is 3.85. The second kappa shape index (κ2) is 10.5. The minimum absolute atomic E-state index is 0.0918. The third-order valence-electron chi connectivity index (χ3n) is 5.40. The smallest absolute Gasteiger partial charge is 0.384 e. The highest BCUT2D eigenvalue weighted by Gasteiger charge is 2.35. The van der Waals surface area contributed by atoms with E-state index in [1.165, 1.54) is 12.3 Å². The molecule has 172 valence electrons. The van der Waals surface area contributed by atoms with Crippen LogP contribution >= 0.6 is 11.6 Å². The Bertz CT molecular complexity index is 1020. The van der Waals surface area contributed by atoms with Gasteiger partial charge in [0.2, 0.25) is 11.7 Å². The fraction of sp³-hybridized carbons (Fsp3) is 0.524. The molecular weight excluding hydrogens is 438 g/mol. The molecule has 0 unspecified atom stereocenters. The number of H-pyrrole nitrogens is 1. The Morgan fingerprint density at radius 1 is 1.25 bits per heavy atom. The highest BCUT2D eigenvalue weighted by Crippen LogP contribution is 2.26. The molecule has 0 saturated heterocycles. The van der Waals surface area contributed by atoms with Crippen molar-refractivity contribution in [2.24, 2.45) is 11.8 Å². The molecule has 1 aliphatic rings. The summed E-state index contributed by atoms with van der Waals surface area (Å²) in [5, 5.41) is 11.6. The van der Waals surface area contributed by atoms with Crippen molar-refractivity contribution in [3.05, 3.63) is 45.5 Å². The summed E-state index contributed by atoms with van der Waals surface area (Å²) >= 11 is 5.77. The molecule has 1 aliphatic carbocycles. The zero-order valence-electron chi connectivity index (χ0n) is 17.9. The zero-order chi connectivity index (χ0) is 23.3. The SMILES string of the molecule is CC(C)C[C@H](NC(=O)[C@@H]1CCCC[C@@H]1NC(=O)c1ccc(Cl)nc1)C(=O)c1n[nH]c(=O)o1. The molecule has 0 aromatic carbocycles. The first-order chi connectivity index (χ1) is 15.2. The molecule has 3 atom stereocenters. The number of hydrogen-bond donors (Lipinski definition) is 3. The molecule has 2 aromatic heterocycles. The van der Waals surface area contributed by atoms with Crippen molar-refractivity contribution in [2.45, 2.75) is 58.0 Å². The molecule has 1 saturated carbocycles. The molecule has 2 amide bonds. The predicted octanol–water partition coefficient (Wildman–Crippen LogP) is 2.11. The number of aromatic amines is 1. The van der Waals surface area contributed by atoms with Crippen LogP contribution in [-0.2, 0) is 4.79 Å². The first-order valence-electron chi connectivity index (χ1n) is 10.6. The molecule has 2 aromatic rings. The number of nitrogens with zero attached hydrogens (tertiary/aromatic N) is 2. The molecule has 3 rings (SSSR count). The van der Waals surface area contributed by atoms with Crippen LogP contribution in [0.1, 0.15) is 67.0 Å². The van der Waals surface area contributed by atoms with Gasteiger partial charge < -0.3 is 15.1 Å². The van der Waals surface area contributed by atoms with E-state index in [1.807, 2.05) is 13.8 Å². The number of nitrogens with one attached hydrogen (secondary N) is 3. The van der Waals surface area contributed by atoms with Crippen LogP contribution in [0, 0.1) is 11.8 Å². The van der Waals surface area contributed by atoms with Crippen molar-refractivity contribution in [2.75, 3.05) is 0 Å². The molecule has 0 spiro atoms. The van der Waals surface area contributed by atoms with Crippen molar-refractivity contribution in [1.29, 1.82) is 0 Å². The largest absolute Gasteiger partial charge is 0.434 e. The van der Waals surface area contributed by atoms with Crippen molar-refractivity contribution in [3.8, 4) is 0 Å². The lowest BCUT2D eigenvalue weighted by Crippen LogP contribution is -2.52. The first-order valence-corrected chi connectivity index (χ1v) is 10.9. The van der Waals surface area contributed by atoms with Crippen LogP contribution in [0.25, 0.3) is 0 Å². The quantitative estimate of drug-likeness (QED) is 0.401. The number of pyridine rings is 1. The Hall–Kier alpha value is -3.01. The molecule has 3 N–H and O–H groups in total. The van der Waals surface area contributed by atoms with E-state index in [-0.39, 0.29) is 34.8 Å². The van der Waals surface area contributed by atoms with Crippen molar-refractivity contribution < 1.29 is 18.8 Å². The van der Waals surface area contributed by atoms with Gasteiger partial charge in [-0.1, -0.05) is 38.3 Å². The summed E-state index contributed by atoms with van der Waals surface area (Å²) in [6, 6.07) is 1.81. The number of ketones is 1. The lowest BCUT2D eigenvalue weighted by molar-refractivity contribution is -0.127. The summed E-state index contributed by atoms with van der Waals surface area (Å²) in [7, 11) is 0. The maximum atomic E-state index is 13.1. The van der Waals surface area contributed by atoms with Gasteiger partial charge in [-0.2, -0.15) is 0 Å². The zero-order valence-corrected chi connectivity index (χ0v) is 18.6.